The Morgan fingerprint density at radius 1 is 1.04 bits per heavy atom. The first-order valence-electron chi connectivity index (χ1n) is 8.41. The Hall–Kier alpha value is -2.62. The van der Waals surface area contributed by atoms with E-state index in [4.69, 9.17) is 4.98 Å². The predicted molar refractivity (Wildman–Crippen MR) is 96.9 cm³/mol. The lowest BCUT2D eigenvalue weighted by molar-refractivity contribution is -0.122. The second-order valence-corrected chi connectivity index (χ2v) is 6.31. The molecule has 2 aromatic carbocycles. The second-order valence-electron chi connectivity index (χ2n) is 6.31. The van der Waals surface area contributed by atoms with Gasteiger partial charge in [0.2, 0.25) is 5.91 Å². The zero-order valence-electron chi connectivity index (χ0n) is 14.2. The van der Waals surface area contributed by atoms with Crippen molar-refractivity contribution in [1.29, 1.82) is 0 Å². The van der Waals surface area contributed by atoms with Crippen LogP contribution in [0.2, 0.25) is 0 Å². The van der Waals surface area contributed by atoms with E-state index in [-0.39, 0.29) is 11.9 Å². The molecule has 4 nitrogen and oxygen atoms in total. The van der Waals surface area contributed by atoms with E-state index in [1.54, 1.807) is 0 Å². The number of hydrogen-bond acceptors (Lipinski definition) is 2. The summed E-state index contributed by atoms with van der Waals surface area (Å²) in [6, 6.07) is 18.5. The fraction of sp³-hybridized carbons (Fsp3) is 0.300. The number of imidazole rings is 1. The van der Waals surface area contributed by atoms with Crippen molar-refractivity contribution in [2.45, 2.75) is 39.3 Å². The van der Waals surface area contributed by atoms with Crippen LogP contribution in [0.25, 0.3) is 11.0 Å². The number of carbonyl (C=O) groups is 1. The van der Waals surface area contributed by atoms with Crippen LogP contribution < -0.4 is 5.32 Å². The lowest BCUT2D eigenvalue weighted by Gasteiger charge is -2.12. The Balaban J connectivity index is 1.85. The van der Waals surface area contributed by atoms with Crippen LogP contribution >= 0.6 is 0 Å². The van der Waals surface area contributed by atoms with Gasteiger partial charge in [0, 0.05) is 12.5 Å². The van der Waals surface area contributed by atoms with Gasteiger partial charge in [0.05, 0.1) is 11.0 Å². The van der Waals surface area contributed by atoms with Gasteiger partial charge in [-0.25, -0.2) is 4.98 Å². The number of fused-ring (bicyclic) bond motifs is 1. The SMILES string of the molecule is CC(C)NC(=O)Cn1c(CCc2ccccc2)nc2ccccc21. The molecule has 124 valence electrons. The lowest BCUT2D eigenvalue weighted by atomic mass is 10.1. The van der Waals surface area contributed by atoms with Gasteiger partial charge < -0.3 is 9.88 Å². The third kappa shape index (κ3) is 3.82. The third-order valence-electron chi connectivity index (χ3n) is 3.97. The van der Waals surface area contributed by atoms with Gasteiger partial charge in [-0.1, -0.05) is 42.5 Å². The summed E-state index contributed by atoms with van der Waals surface area (Å²) in [7, 11) is 0. The molecular formula is C20H23N3O. The highest BCUT2D eigenvalue weighted by Gasteiger charge is 2.14. The monoisotopic (exact) mass is 321 g/mol. The molecule has 1 aromatic heterocycles. The van der Waals surface area contributed by atoms with Gasteiger partial charge in [-0.2, -0.15) is 0 Å². The standard InChI is InChI=1S/C20H23N3O/c1-15(2)21-20(24)14-23-18-11-7-6-10-17(18)22-19(23)13-12-16-8-4-3-5-9-16/h3-11,15H,12-14H2,1-2H3,(H,21,24). The molecule has 1 amide bonds. The summed E-state index contributed by atoms with van der Waals surface area (Å²) in [5, 5.41) is 2.96. The fourth-order valence-electron chi connectivity index (χ4n) is 2.90. The van der Waals surface area contributed by atoms with Crippen molar-refractivity contribution in [3.05, 3.63) is 66.0 Å². The number of aromatic nitrogens is 2. The van der Waals surface area contributed by atoms with Crippen LogP contribution in [-0.2, 0) is 24.2 Å². The van der Waals surface area contributed by atoms with E-state index in [9.17, 15) is 4.79 Å². The number of nitrogens with one attached hydrogen (secondary N) is 1. The van der Waals surface area contributed by atoms with E-state index in [0.717, 1.165) is 29.7 Å². The average Bonchev–Trinajstić information content (AvgIpc) is 2.91. The average molecular weight is 321 g/mol. The zero-order chi connectivity index (χ0) is 16.9. The van der Waals surface area contributed by atoms with E-state index in [2.05, 4.69) is 17.4 Å². The van der Waals surface area contributed by atoms with Crippen LogP contribution in [0.4, 0.5) is 0 Å². The van der Waals surface area contributed by atoms with Crippen molar-refractivity contribution < 1.29 is 4.79 Å². The smallest absolute Gasteiger partial charge is 0.240 e. The first-order valence-corrected chi connectivity index (χ1v) is 8.41. The maximum atomic E-state index is 12.2. The predicted octanol–water partition coefficient (Wildman–Crippen LogP) is 3.35. The molecule has 1 heterocycles. The minimum Gasteiger partial charge on any atom is -0.352 e. The topological polar surface area (TPSA) is 46.9 Å². The van der Waals surface area contributed by atoms with E-state index in [0.29, 0.717) is 6.54 Å². The van der Waals surface area contributed by atoms with Crippen LogP contribution in [-0.4, -0.2) is 21.5 Å². The molecule has 3 rings (SSSR count). The van der Waals surface area contributed by atoms with Crippen LogP contribution in [0.3, 0.4) is 0 Å². The molecule has 0 unspecified atom stereocenters. The Bertz CT molecular complexity index is 821. The third-order valence-corrected chi connectivity index (χ3v) is 3.97. The Morgan fingerprint density at radius 3 is 2.50 bits per heavy atom. The molecule has 0 atom stereocenters. The number of hydrogen-bond donors (Lipinski definition) is 1. The molecule has 3 aromatic rings. The van der Waals surface area contributed by atoms with E-state index in [1.807, 2.05) is 60.9 Å². The minimum atomic E-state index is 0.0223. The van der Waals surface area contributed by atoms with Crippen molar-refractivity contribution >= 4 is 16.9 Å². The van der Waals surface area contributed by atoms with Gasteiger partial charge in [-0.15, -0.1) is 0 Å². The van der Waals surface area contributed by atoms with Gasteiger partial charge in [-0.05, 0) is 38.0 Å². The maximum absolute atomic E-state index is 12.2. The van der Waals surface area contributed by atoms with Gasteiger partial charge >= 0.3 is 0 Å². The Morgan fingerprint density at radius 2 is 1.75 bits per heavy atom. The van der Waals surface area contributed by atoms with Gasteiger partial charge in [-0.3, -0.25) is 4.79 Å². The molecule has 24 heavy (non-hydrogen) atoms. The molecule has 0 radical (unpaired) electrons. The maximum Gasteiger partial charge on any atom is 0.240 e. The number of rotatable bonds is 6. The molecule has 0 saturated carbocycles. The van der Waals surface area contributed by atoms with Gasteiger partial charge in [0.25, 0.3) is 0 Å². The first kappa shape index (κ1) is 16.2. The number of aryl methyl sites for hydroxylation is 2. The highest BCUT2D eigenvalue weighted by atomic mass is 16.2. The molecule has 0 aliphatic carbocycles. The zero-order valence-corrected chi connectivity index (χ0v) is 14.2. The van der Waals surface area contributed by atoms with Crippen LogP contribution in [0.5, 0.6) is 0 Å². The minimum absolute atomic E-state index is 0.0223. The van der Waals surface area contributed by atoms with E-state index in [1.165, 1.54) is 5.56 Å². The van der Waals surface area contributed by atoms with Crippen LogP contribution in [0.15, 0.2) is 54.6 Å². The summed E-state index contributed by atoms with van der Waals surface area (Å²) in [5.74, 6) is 0.980. The summed E-state index contributed by atoms with van der Waals surface area (Å²) in [4.78, 5) is 17.0. The van der Waals surface area contributed by atoms with Crippen LogP contribution in [0, 0.1) is 0 Å². The number of para-hydroxylation sites is 2. The van der Waals surface area contributed by atoms with Crippen molar-refractivity contribution in [3.8, 4) is 0 Å². The van der Waals surface area contributed by atoms with Crippen molar-refractivity contribution in [1.82, 2.24) is 14.9 Å². The summed E-state index contributed by atoms with van der Waals surface area (Å²) >= 11 is 0. The number of benzene rings is 2. The molecule has 0 bridgehead atoms. The molecule has 4 heteroatoms. The molecular weight excluding hydrogens is 298 g/mol. The Labute approximate surface area is 142 Å². The summed E-state index contributed by atoms with van der Waals surface area (Å²) in [6.45, 7) is 4.25. The highest BCUT2D eigenvalue weighted by Crippen LogP contribution is 2.17. The van der Waals surface area contributed by atoms with Crippen molar-refractivity contribution in [3.63, 3.8) is 0 Å². The highest BCUT2D eigenvalue weighted by molar-refractivity contribution is 5.81. The normalized spacial score (nSPS) is 11.1. The number of nitrogens with zero attached hydrogens (tertiary/aromatic N) is 2. The quantitative estimate of drug-likeness (QED) is 0.757. The van der Waals surface area contributed by atoms with Gasteiger partial charge in [0.15, 0.2) is 0 Å². The van der Waals surface area contributed by atoms with Crippen molar-refractivity contribution in [2.75, 3.05) is 0 Å². The molecule has 0 aliphatic rings. The Kier molecular flexibility index (Phi) is 4.94. The number of carbonyl (C=O) groups excluding carboxylic acids is 1. The summed E-state index contributed by atoms with van der Waals surface area (Å²) in [6.07, 6.45) is 1.73. The van der Waals surface area contributed by atoms with Crippen molar-refractivity contribution in [2.24, 2.45) is 0 Å². The molecule has 1 N–H and O–H groups in total. The molecule has 0 spiro atoms. The molecule has 0 aliphatic heterocycles. The molecule has 0 saturated heterocycles. The van der Waals surface area contributed by atoms with E-state index >= 15 is 0 Å². The second kappa shape index (κ2) is 7.30. The number of amides is 1. The van der Waals surface area contributed by atoms with Gasteiger partial charge in [0.1, 0.15) is 12.4 Å². The summed E-state index contributed by atoms with van der Waals surface area (Å²) < 4.78 is 2.04. The fourth-order valence-corrected chi connectivity index (χ4v) is 2.90. The first-order chi connectivity index (χ1) is 11.6. The van der Waals surface area contributed by atoms with Crippen LogP contribution in [0.1, 0.15) is 25.2 Å². The lowest BCUT2D eigenvalue weighted by Crippen LogP contribution is -2.33. The largest absolute Gasteiger partial charge is 0.352 e. The van der Waals surface area contributed by atoms with E-state index < -0.39 is 0 Å². The summed E-state index contributed by atoms with van der Waals surface area (Å²) in [5.41, 5.74) is 3.24. The molecule has 0 fully saturated rings.